The van der Waals surface area contributed by atoms with Gasteiger partial charge in [0.15, 0.2) is 6.10 Å². The second-order valence-electron chi connectivity index (χ2n) is 7.47. The molecule has 2 aliphatic rings. The minimum absolute atomic E-state index is 0.113. The first-order valence-electron chi connectivity index (χ1n) is 10.2. The van der Waals surface area contributed by atoms with E-state index < -0.39 is 12.1 Å². The van der Waals surface area contributed by atoms with E-state index in [0.717, 1.165) is 22.6 Å². The number of esters is 1. The van der Waals surface area contributed by atoms with E-state index in [2.05, 4.69) is 12.2 Å². The molecule has 2 aromatic carbocycles. The number of fused-ring (bicyclic) bond motifs is 1. The molecule has 0 bridgehead atoms. The van der Waals surface area contributed by atoms with Crippen LogP contribution in [0.4, 0.5) is 0 Å². The molecular weight excluding hydrogens is 396 g/mol. The summed E-state index contributed by atoms with van der Waals surface area (Å²) in [7, 11) is 3.26. The van der Waals surface area contributed by atoms with Crippen LogP contribution in [0.5, 0.6) is 11.5 Å². The van der Waals surface area contributed by atoms with Crippen LogP contribution in [0, 0.1) is 5.92 Å². The molecule has 0 aliphatic carbocycles. The topological polar surface area (TPSA) is 63.2 Å². The van der Waals surface area contributed by atoms with Gasteiger partial charge < -0.3 is 23.7 Å². The smallest absolute Gasteiger partial charge is 0.331 e. The van der Waals surface area contributed by atoms with Gasteiger partial charge in [-0.05, 0) is 41.5 Å². The van der Waals surface area contributed by atoms with Crippen molar-refractivity contribution in [1.29, 1.82) is 0 Å². The Kier molecular flexibility index (Phi) is 6.70. The van der Waals surface area contributed by atoms with Crippen LogP contribution in [0.15, 0.2) is 60.7 Å². The van der Waals surface area contributed by atoms with Gasteiger partial charge in [-0.3, -0.25) is 0 Å². The van der Waals surface area contributed by atoms with Gasteiger partial charge in [-0.2, -0.15) is 0 Å². The van der Waals surface area contributed by atoms with Crippen molar-refractivity contribution in [3.05, 3.63) is 71.8 Å². The molecule has 2 heterocycles. The van der Waals surface area contributed by atoms with Crippen molar-refractivity contribution in [3.63, 3.8) is 0 Å². The lowest BCUT2D eigenvalue weighted by Crippen LogP contribution is -2.32. The summed E-state index contributed by atoms with van der Waals surface area (Å²) in [5.74, 6) is 1.30. The minimum atomic E-state index is -0.411. The first kappa shape index (κ1) is 21.2. The van der Waals surface area contributed by atoms with Crippen LogP contribution in [0.3, 0.4) is 0 Å². The van der Waals surface area contributed by atoms with Gasteiger partial charge in [0.2, 0.25) is 0 Å². The third-order valence-electron chi connectivity index (χ3n) is 5.49. The summed E-state index contributed by atoms with van der Waals surface area (Å²) in [5, 5.41) is 0. The van der Waals surface area contributed by atoms with E-state index in [1.165, 1.54) is 6.08 Å². The predicted molar refractivity (Wildman–Crippen MR) is 117 cm³/mol. The highest BCUT2D eigenvalue weighted by atomic mass is 16.6. The van der Waals surface area contributed by atoms with Crippen molar-refractivity contribution in [2.24, 2.45) is 5.92 Å². The highest BCUT2D eigenvalue weighted by molar-refractivity contribution is 5.87. The molecule has 2 saturated heterocycles. The Morgan fingerprint density at radius 2 is 1.42 bits per heavy atom. The average molecular weight is 422 g/mol. The van der Waals surface area contributed by atoms with Crippen molar-refractivity contribution < 1.29 is 28.5 Å². The number of benzene rings is 2. The molecule has 4 atom stereocenters. The number of carbonyl (C=O) groups is 1. The maximum atomic E-state index is 12.3. The largest absolute Gasteiger partial charge is 0.497 e. The lowest BCUT2D eigenvalue weighted by molar-refractivity contribution is -0.147. The summed E-state index contributed by atoms with van der Waals surface area (Å²) in [6.45, 7) is 0.877. The van der Waals surface area contributed by atoms with Crippen LogP contribution in [0.25, 0.3) is 12.2 Å². The molecule has 4 rings (SSSR count). The van der Waals surface area contributed by atoms with Crippen LogP contribution in [-0.4, -0.2) is 51.7 Å². The van der Waals surface area contributed by atoms with Gasteiger partial charge in [-0.15, -0.1) is 0 Å². The van der Waals surface area contributed by atoms with Crippen molar-refractivity contribution in [1.82, 2.24) is 0 Å². The first-order chi connectivity index (χ1) is 15.2. The number of rotatable bonds is 7. The van der Waals surface area contributed by atoms with E-state index >= 15 is 0 Å². The molecule has 31 heavy (non-hydrogen) atoms. The molecule has 0 spiro atoms. The summed E-state index contributed by atoms with van der Waals surface area (Å²) in [5.41, 5.74) is 1.97. The van der Waals surface area contributed by atoms with Gasteiger partial charge in [-0.25, -0.2) is 4.79 Å². The number of carbonyl (C=O) groups excluding carboxylic acids is 1. The SMILES string of the molecule is COc1ccc(C=C[C@H]2CO[C@H]3[C@@H]2OC[C@H]3OC(=O)/C=C/c2ccc(OC)cc2)cc1. The molecule has 6 heteroatoms. The van der Waals surface area contributed by atoms with Gasteiger partial charge in [0, 0.05) is 12.0 Å². The standard InChI is InChI=1S/C25H26O6/c1-27-20-10-4-17(5-11-20)3-9-19-15-29-25-22(16-30-24(19)25)31-23(26)14-8-18-6-12-21(28-2)13-7-18/h3-14,19,22,24-25H,15-16H2,1-2H3/b9-3?,14-8+/t19-,22+,24+,25+/m0/s1. The van der Waals surface area contributed by atoms with Crippen LogP contribution in [-0.2, 0) is 19.0 Å². The van der Waals surface area contributed by atoms with Gasteiger partial charge >= 0.3 is 5.97 Å². The van der Waals surface area contributed by atoms with Gasteiger partial charge in [0.25, 0.3) is 0 Å². The number of ether oxygens (including phenoxy) is 5. The van der Waals surface area contributed by atoms with Crippen molar-refractivity contribution in [2.45, 2.75) is 18.3 Å². The third kappa shape index (κ3) is 5.16. The fraction of sp³-hybridized carbons (Fsp3) is 0.320. The molecule has 2 aromatic rings. The highest BCUT2D eigenvalue weighted by Crippen LogP contribution is 2.34. The van der Waals surface area contributed by atoms with Crippen molar-refractivity contribution in [3.8, 4) is 11.5 Å². The molecule has 6 nitrogen and oxygen atoms in total. The molecule has 2 fully saturated rings. The molecule has 0 N–H and O–H groups in total. The molecular formula is C25H26O6. The van der Waals surface area contributed by atoms with E-state index in [9.17, 15) is 4.79 Å². The summed E-state index contributed by atoms with van der Waals surface area (Å²) in [6, 6.07) is 15.3. The van der Waals surface area contributed by atoms with Gasteiger partial charge in [0.1, 0.15) is 17.6 Å². The van der Waals surface area contributed by atoms with Crippen LogP contribution in [0.2, 0.25) is 0 Å². The maximum Gasteiger partial charge on any atom is 0.331 e. The third-order valence-corrected chi connectivity index (χ3v) is 5.49. The van der Waals surface area contributed by atoms with Crippen molar-refractivity contribution in [2.75, 3.05) is 27.4 Å². The monoisotopic (exact) mass is 422 g/mol. The Bertz CT molecular complexity index is 931. The first-order valence-corrected chi connectivity index (χ1v) is 10.2. The van der Waals surface area contributed by atoms with Crippen LogP contribution < -0.4 is 9.47 Å². The molecule has 0 amide bonds. The Hall–Kier alpha value is -3.09. The normalized spacial score (nSPS) is 25.1. The number of methoxy groups -OCH3 is 2. The number of hydrogen-bond donors (Lipinski definition) is 0. The molecule has 2 aliphatic heterocycles. The van der Waals surface area contributed by atoms with Crippen LogP contribution >= 0.6 is 0 Å². The molecule has 0 unspecified atom stereocenters. The minimum Gasteiger partial charge on any atom is -0.497 e. The Labute approximate surface area is 182 Å². The zero-order chi connectivity index (χ0) is 21.6. The molecule has 0 radical (unpaired) electrons. The summed E-state index contributed by atoms with van der Waals surface area (Å²) < 4.78 is 27.7. The molecule has 162 valence electrons. The summed E-state index contributed by atoms with van der Waals surface area (Å²) in [6.07, 6.45) is 6.52. The Morgan fingerprint density at radius 3 is 2.03 bits per heavy atom. The van der Waals surface area contributed by atoms with Gasteiger partial charge in [-0.1, -0.05) is 36.4 Å². The van der Waals surface area contributed by atoms with E-state index in [-0.39, 0.29) is 18.1 Å². The number of hydrogen-bond acceptors (Lipinski definition) is 6. The quantitative estimate of drug-likeness (QED) is 0.500. The fourth-order valence-electron chi connectivity index (χ4n) is 3.78. The second-order valence-corrected chi connectivity index (χ2v) is 7.47. The lowest BCUT2D eigenvalue weighted by atomic mass is 9.99. The average Bonchev–Trinajstić information content (AvgIpc) is 3.40. The van der Waals surface area contributed by atoms with E-state index in [4.69, 9.17) is 23.7 Å². The molecule has 0 saturated carbocycles. The summed E-state index contributed by atoms with van der Waals surface area (Å²) in [4.78, 5) is 12.3. The highest BCUT2D eigenvalue weighted by Gasteiger charge is 2.48. The molecule has 0 aromatic heterocycles. The lowest BCUT2D eigenvalue weighted by Gasteiger charge is -2.15. The summed E-state index contributed by atoms with van der Waals surface area (Å²) >= 11 is 0. The van der Waals surface area contributed by atoms with Crippen LogP contribution in [0.1, 0.15) is 11.1 Å². The van der Waals surface area contributed by atoms with E-state index in [1.54, 1.807) is 20.3 Å². The predicted octanol–water partition coefficient (Wildman–Crippen LogP) is 3.76. The van der Waals surface area contributed by atoms with Gasteiger partial charge in [0.05, 0.1) is 33.5 Å². The Balaban J connectivity index is 1.30. The van der Waals surface area contributed by atoms with E-state index in [0.29, 0.717) is 13.2 Å². The second kappa shape index (κ2) is 9.81. The zero-order valence-corrected chi connectivity index (χ0v) is 17.6. The zero-order valence-electron chi connectivity index (χ0n) is 17.6. The fourth-order valence-corrected chi connectivity index (χ4v) is 3.78. The van der Waals surface area contributed by atoms with E-state index in [1.807, 2.05) is 48.5 Å². The maximum absolute atomic E-state index is 12.3. The van der Waals surface area contributed by atoms with Crippen molar-refractivity contribution >= 4 is 18.1 Å². The Morgan fingerprint density at radius 1 is 0.839 bits per heavy atom.